The molecule has 0 aliphatic heterocycles. The number of nitrogens with zero attached hydrogens (tertiary/aromatic N) is 2. The van der Waals surface area contributed by atoms with Gasteiger partial charge in [0.1, 0.15) is 19.1 Å². The van der Waals surface area contributed by atoms with Crippen molar-refractivity contribution in [2.75, 3.05) is 19.8 Å². The topological polar surface area (TPSA) is 69.5 Å². The van der Waals surface area contributed by atoms with Gasteiger partial charge in [-0.3, -0.25) is 4.79 Å². The van der Waals surface area contributed by atoms with Crippen molar-refractivity contribution in [3.63, 3.8) is 0 Å². The van der Waals surface area contributed by atoms with Crippen LogP contribution in [0.15, 0.2) is 22.5 Å². The Morgan fingerprint density at radius 3 is 2.45 bits per heavy atom. The van der Waals surface area contributed by atoms with Gasteiger partial charge in [-0.1, -0.05) is 16.4 Å². The molecule has 0 heterocycles. The zero-order valence-corrected chi connectivity index (χ0v) is 12.8. The number of halogens is 1. The Labute approximate surface area is 125 Å². The van der Waals surface area contributed by atoms with Gasteiger partial charge >= 0.3 is 5.97 Å². The third kappa shape index (κ3) is 5.61. The number of carbonyl (C=O) groups is 1. The second kappa shape index (κ2) is 10.3. The van der Waals surface area contributed by atoms with Gasteiger partial charge in [-0.15, -0.1) is 12.4 Å². The van der Waals surface area contributed by atoms with Gasteiger partial charge in [0.05, 0.1) is 18.0 Å². The zero-order valence-electron chi connectivity index (χ0n) is 12.0. The van der Waals surface area contributed by atoms with E-state index in [-0.39, 0.29) is 18.4 Å². The fourth-order valence-electron chi connectivity index (χ4n) is 1.57. The number of ether oxygens (including phenoxy) is 1. The highest BCUT2D eigenvalue weighted by Gasteiger charge is 2.28. The maximum absolute atomic E-state index is 11.8. The van der Waals surface area contributed by atoms with Gasteiger partial charge < -0.3 is 14.4 Å². The molecule has 0 saturated carbocycles. The minimum absolute atomic E-state index is 0. The predicted molar refractivity (Wildman–Crippen MR) is 79.3 cm³/mol. The molecule has 0 spiro atoms. The number of rotatable bonds is 6. The smallest absolute Gasteiger partial charge is 0.318 e. The Balaban J connectivity index is 0.00000361. The van der Waals surface area contributed by atoms with E-state index in [1.807, 2.05) is 13.8 Å². The van der Waals surface area contributed by atoms with Crippen molar-refractivity contribution in [1.82, 2.24) is 0 Å². The lowest BCUT2D eigenvalue weighted by Crippen LogP contribution is -2.29. The van der Waals surface area contributed by atoms with Gasteiger partial charge in [-0.05, 0) is 26.8 Å². The van der Waals surface area contributed by atoms with Gasteiger partial charge in [-0.25, -0.2) is 0 Å². The maximum Gasteiger partial charge on any atom is 0.318 e. The highest BCUT2D eigenvalue weighted by atomic mass is 35.5. The van der Waals surface area contributed by atoms with Gasteiger partial charge in [0.15, 0.2) is 0 Å². The molecule has 6 nitrogen and oxygen atoms in total. The zero-order chi connectivity index (χ0) is 14.1. The average Bonchev–Trinajstić information content (AvgIpc) is 2.43. The molecular weight excluding hydrogens is 284 g/mol. The lowest BCUT2D eigenvalue weighted by Gasteiger charge is -2.18. The molecule has 0 saturated heterocycles. The van der Waals surface area contributed by atoms with Crippen LogP contribution in [0.1, 0.15) is 27.2 Å². The van der Waals surface area contributed by atoms with Crippen molar-refractivity contribution < 1.29 is 19.2 Å². The Morgan fingerprint density at radius 1 is 1.20 bits per heavy atom. The molecule has 0 N–H and O–H groups in total. The lowest BCUT2D eigenvalue weighted by molar-refractivity contribution is -0.144. The molecule has 20 heavy (non-hydrogen) atoms. The van der Waals surface area contributed by atoms with Crippen LogP contribution in [-0.2, 0) is 19.2 Å². The molecule has 0 aromatic carbocycles. The monoisotopic (exact) mass is 304 g/mol. The van der Waals surface area contributed by atoms with E-state index in [0.29, 0.717) is 37.7 Å². The van der Waals surface area contributed by atoms with E-state index in [9.17, 15) is 4.79 Å². The Morgan fingerprint density at radius 2 is 1.85 bits per heavy atom. The van der Waals surface area contributed by atoms with Gasteiger partial charge in [0.25, 0.3) is 0 Å². The van der Waals surface area contributed by atoms with Gasteiger partial charge in [0, 0.05) is 6.42 Å². The Bertz CT molecular complexity index is 394. The fraction of sp³-hybridized carbons (Fsp3) is 0.615. The van der Waals surface area contributed by atoms with Crippen LogP contribution in [0.4, 0.5) is 0 Å². The predicted octanol–water partition coefficient (Wildman–Crippen LogP) is 2.33. The van der Waals surface area contributed by atoms with Crippen molar-refractivity contribution in [1.29, 1.82) is 0 Å². The number of carbonyl (C=O) groups excluding carboxylic acids is 1. The molecular formula is C13H21ClN2O4. The normalized spacial score (nSPS) is 21.4. The van der Waals surface area contributed by atoms with Gasteiger partial charge in [-0.2, -0.15) is 0 Å². The molecule has 114 valence electrons. The summed E-state index contributed by atoms with van der Waals surface area (Å²) in [4.78, 5) is 21.8. The summed E-state index contributed by atoms with van der Waals surface area (Å²) in [5.74, 6) is -0.834. The van der Waals surface area contributed by atoms with Crippen LogP contribution in [0.3, 0.4) is 0 Å². The quantitative estimate of drug-likeness (QED) is 0.558. The van der Waals surface area contributed by atoms with Crippen molar-refractivity contribution >= 4 is 29.8 Å². The molecule has 7 heteroatoms. The molecule has 1 aliphatic rings. The Kier molecular flexibility index (Phi) is 9.45. The van der Waals surface area contributed by atoms with Crippen molar-refractivity contribution in [3.8, 4) is 0 Å². The first-order valence-electron chi connectivity index (χ1n) is 6.45. The molecule has 1 unspecified atom stereocenters. The number of oxime groups is 2. The molecule has 1 rings (SSSR count). The van der Waals surface area contributed by atoms with Gasteiger partial charge in [0.2, 0.25) is 0 Å². The first kappa shape index (κ1) is 18.4. The molecule has 0 bridgehead atoms. The number of allylic oxidation sites excluding steroid dienone is 1. The summed E-state index contributed by atoms with van der Waals surface area (Å²) in [6.07, 6.45) is 3.87. The summed E-state index contributed by atoms with van der Waals surface area (Å²) in [7, 11) is 0. The SMILES string of the molecule is CCON=C1C=CC(C(=O)OCC)C(=NOCC)C1.Cl. The van der Waals surface area contributed by atoms with E-state index in [0.717, 1.165) is 0 Å². The maximum atomic E-state index is 11.8. The van der Waals surface area contributed by atoms with E-state index >= 15 is 0 Å². The van der Waals surface area contributed by atoms with Crippen LogP contribution in [-0.4, -0.2) is 37.2 Å². The summed E-state index contributed by atoms with van der Waals surface area (Å²) in [5, 5.41) is 7.91. The number of esters is 1. The van der Waals surface area contributed by atoms with E-state index < -0.39 is 5.92 Å². The first-order valence-corrected chi connectivity index (χ1v) is 6.45. The van der Waals surface area contributed by atoms with E-state index in [1.54, 1.807) is 19.1 Å². The summed E-state index contributed by atoms with van der Waals surface area (Å²) >= 11 is 0. The summed E-state index contributed by atoms with van der Waals surface area (Å²) in [6.45, 7) is 6.73. The van der Waals surface area contributed by atoms with Crippen LogP contribution in [0, 0.1) is 5.92 Å². The van der Waals surface area contributed by atoms with E-state index in [4.69, 9.17) is 14.4 Å². The average molecular weight is 305 g/mol. The van der Waals surface area contributed by atoms with Crippen molar-refractivity contribution in [3.05, 3.63) is 12.2 Å². The number of hydrogen-bond acceptors (Lipinski definition) is 6. The van der Waals surface area contributed by atoms with Crippen LogP contribution >= 0.6 is 12.4 Å². The molecule has 0 aromatic rings. The molecule has 1 atom stereocenters. The molecule has 1 aliphatic carbocycles. The van der Waals surface area contributed by atoms with E-state index in [2.05, 4.69) is 10.3 Å². The third-order valence-corrected chi connectivity index (χ3v) is 2.36. The summed E-state index contributed by atoms with van der Waals surface area (Å²) in [5.41, 5.74) is 1.29. The Hall–Kier alpha value is -1.56. The summed E-state index contributed by atoms with van der Waals surface area (Å²) in [6, 6.07) is 0. The minimum atomic E-state index is -0.507. The van der Waals surface area contributed by atoms with Crippen LogP contribution in [0.2, 0.25) is 0 Å². The van der Waals surface area contributed by atoms with Crippen molar-refractivity contribution in [2.45, 2.75) is 27.2 Å². The standard InChI is InChI=1S/C13H20N2O4.ClH/c1-4-17-13(16)11-8-7-10(14-18-5-2)9-12(11)15-19-6-3;/h7-8,11H,4-6,9H2,1-3H3;1H. The molecule has 0 amide bonds. The van der Waals surface area contributed by atoms with Crippen LogP contribution in [0.5, 0.6) is 0 Å². The molecule has 0 aromatic heterocycles. The second-order valence-corrected chi connectivity index (χ2v) is 3.77. The van der Waals surface area contributed by atoms with Crippen LogP contribution in [0.25, 0.3) is 0 Å². The second-order valence-electron chi connectivity index (χ2n) is 3.77. The van der Waals surface area contributed by atoms with E-state index in [1.165, 1.54) is 0 Å². The molecule has 0 radical (unpaired) electrons. The van der Waals surface area contributed by atoms with Crippen molar-refractivity contribution in [2.24, 2.45) is 16.2 Å². The third-order valence-electron chi connectivity index (χ3n) is 2.36. The molecule has 0 fully saturated rings. The lowest BCUT2D eigenvalue weighted by atomic mass is 9.92. The number of hydrogen-bond donors (Lipinski definition) is 0. The largest absolute Gasteiger partial charge is 0.465 e. The fourth-order valence-corrected chi connectivity index (χ4v) is 1.57. The van der Waals surface area contributed by atoms with Crippen LogP contribution < -0.4 is 0 Å². The first-order chi connectivity index (χ1) is 9.22. The minimum Gasteiger partial charge on any atom is -0.465 e. The highest BCUT2D eigenvalue weighted by Crippen LogP contribution is 2.16. The highest BCUT2D eigenvalue weighted by molar-refractivity contribution is 6.18. The summed E-state index contributed by atoms with van der Waals surface area (Å²) < 4.78 is 5.01.